The number of aryl methyl sites for hydroxylation is 1. The van der Waals surface area contributed by atoms with Crippen molar-refractivity contribution in [3.63, 3.8) is 0 Å². The zero-order valence-corrected chi connectivity index (χ0v) is 11.9. The zero-order chi connectivity index (χ0) is 12.8. The molecule has 0 unspecified atom stereocenters. The van der Waals surface area contributed by atoms with Gasteiger partial charge in [0, 0.05) is 5.92 Å². The molecule has 1 saturated carbocycles. The fourth-order valence-electron chi connectivity index (χ4n) is 4.15. The molecule has 18 heavy (non-hydrogen) atoms. The van der Waals surface area contributed by atoms with Gasteiger partial charge in [-0.2, -0.15) is 0 Å². The number of benzene rings is 1. The molecule has 0 aromatic heterocycles. The standard InChI is InChI=1S/C18H24/c1-13-7-9-15(10-8-13)16-12-18(3)11-5-4-6-17(18)14(16)2/h7-10,16H,4-6,11-12H2,1-3H3/t16-,18-/m1/s1. The fourth-order valence-corrected chi connectivity index (χ4v) is 4.15. The Morgan fingerprint density at radius 2 is 1.78 bits per heavy atom. The maximum absolute atomic E-state index is 2.50. The van der Waals surface area contributed by atoms with E-state index < -0.39 is 0 Å². The lowest BCUT2D eigenvalue weighted by molar-refractivity contribution is 0.297. The van der Waals surface area contributed by atoms with Crippen LogP contribution in [0.2, 0.25) is 0 Å². The van der Waals surface area contributed by atoms with E-state index in [-0.39, 0.29) is 0 Å². The van der Waals surface area contributed by atoms with E-state index in [9.17, 15) is 0 Å². The van der Waals surface area contributed by atoms with Gasteiger partial charge in [-0.1, -0.05) is 54.3 Å². The molecule has 2 aliphatic carbocycles. The van der Waals surface area contributed by atoms with Gasteiger partial charge < -0.3 is 0 Å². The minimum absolute atomic E-state index is 0.512. The molecule has 2 aliphatic rings. The summed E-state index contributed by atoms with van der Waals surface area (Å²) in [7, 11) is 0. The maximum atomic E-state index is 2.50. The first kappa shape index (κ1) is 12.0. The van der Waals surface area contributed by atoms with E-state index >= 15 is 0 Å². The highest BCUT2D eigenvalue weighted by molar-refractivity contribution is 5.40. The summed E-state index contributed by atoms with van der Waals surface area (Å²) in [4.78, 5) is 0. The molecule has 2 atom stereocenters. The van der Waals surface area contributed by atoms with Crippen molar-refractivity contribution >= 4 is 0 Å². The SMILES string of the molecule is CC1=C2CCCC[C@]2(C)C[C@H]1c1ccc(C)cc1. The third kappa shape index (κ3) is 1.83. The van der Waals surface area contributed by atoms with Crippen LogP contribution in [0, 0.1) is 12.3 Å². The highest BCUT2D eigenvalue weighted by Gasteiger charge is 2.41. The van der Waals surface area contributed by atoms with Crippen LogP contribution in [-0.2, 0) is 0 Å². The first-order valence-electron chi connectivity index (χ1n) is 7.37. The van der Waals surface area contributed by atoms with Crippen LogP contribution in [-0.4, -0.2) is 0 Å². The molecular weight excluding hydrogens is 216 g/mol. The minimum atomic E-state index is 0.512. The summed E-state index contributed by atoms with van der Waals surface area (Å²) in [5.74, 6) is 0.684. The zero-order valence-electron chi connectivity index (χ0n) is 11.9. The molecule has 0 saturated heterocycles. The second-order valence-electron chi connectivity index (χ2n) is 6.60. The lowest BCUT2D eigenvalue weighted by Crippen LogP contribution is -2.20. The average Bonchev–Trinajstić information content (AvgIpc) is 2.63. The summed E-state index contributed by atoms with van der Waals surface area (Å²) in [6, 6.07) is 9.20. The van der Waals surface area contributed by atoms with Crippen molar-refractivity contribution in [1.29, 1.82) is 0 Å². The predicted molar refractivity (Wildman–Crippen MR) is 77.8 cm³/mol. The van der Waals surface area contributed by atoms with Crippen LogP contribution >= 0.6 is 0 Å². The highest BCUT2D eigenvalue weighted by atomic mass is 14.5. The quantitative estimate of drug-likeness (QED) is 0.578. The molecule has 1 aromatic rings. The van der Waals surface area contributed by atoms with Crippen LogP contribution in [0.5, 0.6) is 0 Å². The van der Waals surface area contributed by atoms with Crippen molar-refractivity contribution in [1.82, 2.24) is 0 Å². The Balaban J connectivity index is 1.96. The Labute approximate surface area is 111 Å². The summed E-state index contributed by atoms with van der Waals surface area (Å²) in [6.45, 7) is 7.06. The van der Waals surface area contributed by atoms with Crippen molar-refractivity contribution in [2.45, 2.75) is 58.8 Å². The topological polar surface area (TPSA) is 0 Å². The average molecular weight is 240 g/mol. The number of fused-ring (bicyclic) bond motifs is 1. The fraction of sp³-hybridized carbons (Fsp3) is 0.556. The van der Waals surface area contributed by atoms with E-state index in [1.54, 1.807) is 11.1 Å². The lowest BCUT2D eigenvalue weighted by Gasteiger charge is -2.33. The number of hydrogen-bond donors (Lipinski definition) is 0. The van der Waals surface area contributed by atoms with Crippen LogP contribution in [0.3, 0.4) is 0 Å². The largest absolute Gasteiger partial charge is 0.0660 e. The van der Waals surface area contributed by atoms with Gasteiger partial charge in [-0.05, 0) is 50.5 Å². The van der Waals surface area contributed by atoms with Crippen LogP contribution in [0.25, 0.3) is 0 Å². The number of rotatable bonds is 1. The van der Waals surface area contributed by atoms with Crippen LogP contribution in [0.15, 0.2) is 35.4 Å². The van der Waals surface area contributed by atoms with Gasteiger partial charge in [-0.15, -0.1) is 0 Å². The maximum Gasteiger partial charge on any atom is 0.00565 e. The van der Waals surface area contributed by atoms with Crippen molar-refractivity contribution in [2.24, 2.45) is 5.41 Å². The second-order valence-corrected chi connectivity index (χ2v) is 6.60. The Hall–Kier alpha value is -1.04. The smallest absolute Gasteiger partial charge is 0.00565 e. The molecule has 0 aliphatic heterocycles. The van der Waals surface area contributed by atoms with Crippen LogP contribution in [0.4, 0.5) is 0 Å². The van der Waals surface area contributed by atoms with Gasteiger partial charge in [0.15, 0.2) is 0 Å². The molecule has 1 aromatic carbocycles. The van der Waals surface area contributed by atoms with Crippen LogP contribution in [0.1, 0.15) is 63.0 Å². The summed E-state index contributed by atoms with van der Waals surface area (Å²) in [5.41, 5.74) is 6.88. The lowest BCUT2D eigenvalue weighted by atomic mass is 9.72. The Morgan fingerprint density at radius 1 is 1.06 bits per heavy atom. The van der Waals surface area contributed by atoms with Crippen molar-refractivity contribution in [2.75, 3.05) is 0 Å². The van der Waals surface area contributed by atoms with Gasteiger partial charge in [-0.3, -0.25) is 0 Å². The Morgan fingerprint density at radius 3 is 2.44 bits per heavy atom. The van der Waals surface area contributed by atoms with Gasteiger partial charge in [-0.25, -0.2) is 0 Å². The first-order valence-corrected chi connectivity index (χ1v) is 7.37. The van der Waals surface area contributed by atoms with E-state index in [1.807, 2.05) is 0 Å². The second kappa shape index (κ2) is 4.26. The van der Waals surface area contributed by atoms with E-state index in [4.69, 9.17) is 0 Å². The third-order valence-corrected chi connectivity index (χ3v) is 5.27. The molecule has 0 nitrogen and oxygen atoms in total. The normalized spacial score (nSPS) is 31.6. The van der Waals surface area contributed by atoms with Gasteiger partial charge in [0.05, 0.1) is 0 Å². The van der Waals surface area contributed by atoms with Gasteiger partial charge >= 0.3 is 0 Å². The van der Waals surface area contributed by atoms with Gasteiger partial charge in [0.1, 0.15) is 0 Å². The van der Waals surface area contributed by atoms with E-state index in [1.165, 1.54) is 43.2 Å². The van der Waals surface area contributed by atoms with Crippen LogP contribution < -0.4 is 0 Å². The molecule has 0 heteroatoms. The molecule has 0 amide bonds. The minimum Gasteiger partial charge on any atom is -0.0660 e. The van der Waals surface area contributed by atoms with Crippen molar-refractivity contribution < 1.29 is 0 Å². The van der Waals surface area contributed by atoms with Crippen molar-refractivity contribution in [3.05, 3.63) is 46.5 Å². The van der Waals surface area contributed by atoms with Crippen molar-refractivity contribution in [3.8, 4) is 0 Å². The highest BCUT2D eigenvalue weighted by Crippen LogP contribution is 2.56. The monoisotopic (exact) mass is 240 g/mol. The summed E-state index contributed by atoms with van der Waals surface area (Å²) in [6.07, 6.45) is 6.93. The molecule has 0 spiro atoms. The third-order valence-electron chi connectivity index (χ3n) is 5.27. The first-order chi connectivity index (χ1) is 8.60. The molecule has 0 N–H and O–H groups in total. The number of hydrogen-bond acceptors (Lipinski definition) is 0. The van der Waals surface area contributed by atoms with E-state index in [0.717, 1.165) is 0 Å². The van der Waals surface area contributed by atoms with Gasteiger partial charge in [0.2, 0.25) is 0 Å². The molecule has 0 radical (unpaired) electrons. The summed E-state index contributed by atoms with van der Waals surface area (Å²) >= 11 is 0. The molecule has 3 rings (SSSR count). The molecule has 0 bridgehead atoms. The Bertz CT molecular complexity index is 477. The molecular formula is C18H24. The predicted octanol–water partition coefficient (Wildman–Crippen LogP) is 5.38. The summed E-state index contributed by atoms with van der Waals surface area (Å²) in [5, 5.41) is 0. The molecule has 0 heterocycles. The van der Waals surface area contributed by atoms with E-state index in [0.29, 0.717) is 11.3 Å². The summed E-state index contributed by atoms with van der Waals surface area (Å²) < 4.78 is 0. The number of allylic oxidation sites excluding steroid dienone is 2. The Kier molecular flexibility index (Phi) is 2.84. The molecule has 96 valence electrons. The van der Waals surface area contributed by atoms with Gasteiger partial charge in [0.25, 0.3) is 0 Å². The van der Waals surface area contributed by atoms with E-state index in [2.05, 4.69) is 45.0 Å². The molecule has 1 fully saturated rings.